The molecule has 0 fully saturated rings. The van der Waals surface area contributed by atoms with Crippen molar-refractivity contribution < 1.29 is 9.90 Å². The van der Waals surface area contributed by atoms with Crippen LogP contribution in [-0.2, 0) is 4.79 Å². The third-order valence-corrected chi connectivity index (χ3v) is 2.31. The highest BCUT2D eigenvalue weighted by atomic mass is 16.4. The van der Waals surface area contributed by atoms with Crippen LogP contribution >= 0.6 is 0 Å². The number of anilines is 1. The number of carboxylic acids is 1. The fourth-order valence-electron chi connectivity index (χ4n) is 1.56. The normalized spacial score (nSPS) is 12.1. The molecule has 1 aromatic rings. The predicted octanol–water partition coefficient (Wildman–Crippen LogP) is 0.925. The molecule has 0 radical (unpaired) electrons. The first kappa shape index (κ1) is 11.5. The predicted molar refractivity (Wildman–Crippen MR) is 59.9 cm³/mol. The lowest BCUT2D eigenvalue weighted by Gasteiger charge is -2.28. The molecular weight excluding hydrogens is 192 g/mol. The molecule has 1 aromatic carbocycles. The Bertz CT molecular complexity index is 314. The molecule has 0 spiro atoms. The standard InChI is InChI=1S/C11H16N2O2/c1-2-13(10(8-12)11(14)15)9-6-4-3-5-7-9/h3-7,10H,2,8,12H2,1H3,(H,14,15). The lowest BCUT2D eigenvalue weighted by Crippen LogP contribution is -2.46. The fourth-order valence-corrected chi connectivity index (χ4v) is 1.56. The molecule has 4 nitrogen and oxygen atoms in total. The molecule has 0 aliphatic carbocycles. The topological polar surface area (TPSA) is 66.6 Å². The minimum atomic E-state index is -0.886. The van der Waals surface area contributed by atoms with Gasteiger partial charge in [0, 0.05) is 18.8 Å². The Morgan fingerprint density at radius 2 is 2.07 bits per heavy atom. The van der Waals surface area contributed by atoms with Crippen LogP contribution in [0.25, 0.3) is 0 Å². The maximum Gasteiger partial charge on any atom is 0.327 e. The first-order valence-corrected chi connectivity index (χ1v) is 4.95. The van der Waals surface area contributed by atoms with Crippen molar-refractivity contribution in [1.82, 2.24) is 0 Å². The number of rotatable bonds is 5. The SMILES string of the molecule is CCN(c1ccccc1)C(CN)C(=O)O. The van der Waals surface area contributed by atoms with Gasteiger partial charge in [0.05, 0.1) is 0 Å². The number of carboxylic acid groups (broad SMARTS) is 1. The molecule has 3 N–H and O–H groups in total. The molecule has 0 amide bonds. The van der Waals surface area contributed by atoms with Crippen molar-refractivity contribution in [2.75, 3.05) is 18.0 Å². The fraction of sp³-hybridized carbons (Fsp3) is 0.364. The number of nitrogens with two attached hydrogens (primary N) is 1. The van der Waals surface area contributed by atoms with Gasteiger partial charge in [0.2, 0.25) is 0 Å². The molecular formula is C11H16N2O2. The zero-order chi connectivity index (χ0) is 11.3. The number of nitrogens with zero attached hydrogens (tertiary/aromatic N) is 1. The molecule has 0 heterocycles. The van der Waals surface area contributed by atoms with Crippen LogP contribution < -0.4 is 10.6 Å². The molecule has 15 heavy (non-hydrogen) atoms. The van der Waals surface area contributed by atoms with Gasteiger partial charge in [-0.05, 0) is 19.1 Å². The van der Waals surface area contributed by atoms with Gasteiger partial charge in [0.1, 0.15) is 6.04 Å². The quantitative estimate of drug-likeness (QED) is 0.755. The summed E-state index contributed by atoms with van der Waals surface area (Å²) in [5.74, 6) is -0.886. The molecule has 4 heteroatoms. The van der Waals surface area contributed by atoms with Gasteiger partial charge in [-0.2, -0.15) is 0 Å². The van der Waals surface area contributed by atoms with Crippen molar-refractivity contribution in [3.63, 3.8) is 0 Å². The summed E-state index contributed by atoms with van der Waals surface area (Å²) < 4.78 is 0. The zero-order valence-corrected chi connectivity index (χ0v) is 8.76. The second kappa shape index (κ2) is 5.36. The molecule has 1 rings (SSSR count). The highest BCUT2D eigenvalue weighted by Crippen LogP contribution is 2.15. The smallest absolute Gasteiger partial charge is 0.327 e. The highest BCUT2D eigenvalue weighted by molar-refractivity contribution is 5.78. The van der Waals surface area contributed by atoms with Crippen LogP contribution in [-0.4, -0.2) is 30.2 Å². The molecule has 0 saturated heterocycles. The Labute approximate surface area is 89.3 Å². The number of carbonyl (C=O) groups is 1. The molecule has 82 valence electrons. The third kappa shape index (κ3) is 2.70. The zero-order valence-electron chi connectivity index (χ0n) is 8.76. The second-order valence-corrected chi connectivity index (χ2v) is 3.21. The van der Waals surface area contributed by atoms with Crippen molar-refractivity contribution in [2.45, 2.75) is 13.0 Å². The summed E-state index contributed by atoms with van der Waals surface area (Å²) >= 11 is 0. The number of para-hydroxylation sites is 1. The minimum absolute atomic E-state index is 0.109. The van der Waals surface area contributed by atoms with E-state index in [1.807, 2.05) is 37.3 Å². The molecule has 0 aliphatic rings. The summed E-state index contributed by atoms with van der Waals surface area (Å²) in [6.07, 6.45) is 0. The Morgan fingerprint density at radius 1 is 1.47 bits per heavy atom. The van der Waals surface area contributed by atoms with Gasteiger partial charge in [0.25, 0.3) is 0 Å². The van der Waals surface area contributed by atoms with E-state index in [0.29, 0.717) is 6.54 Å². The Kier molecular flexibility index (Phi) is 4.12. The van der Waals surface area contributed by atoms with E-state index < -0.39 is 12.0 Å². The number of likely N-dealkylation sites (N-methyl/N-ethyl adjacent to an activating group) is 1. The molecule has 0 aromatic heterocycles. The van der Waals surface area contributed by atoms with Gasteiger partial charge in [-0.1, -0.05) is 18.2 Å². The van der Waals surface area contributed by atoms with Gasteiger partial charge in [-0.15, -0.1) is 0 Å². The summed E-state index contributed by atoms with van der Waals surface area (Å²) in [5, 5.41) is 9.01. The first-order chi connectivity index (χ1) is 7.20. The summed E-state index contributed by atoms with van der Waals surface area (Å²) in [5.41, 5.74) is 6.35. The molecule has 1 atom stereocenters. The van der Waals surface area contributed by atoms with Crippen molar-refractivity contribution >= 4 is 11.7 Å². The summed E-state index contributed by atoms with van der Waals surface area (Å²) in [7, 11) is 0. The first-order valence-electron chi connectivity index (χ1n) is 4.95. The van der Waals surface area contributed by atoms with Crippen LogP contribution in [0.3, 0.4) is 0 Å². The van der Waals surface area contributed by atoms with Crippen LogP contribution in [0.1, 0.15) is 6.92 Å². The van der Waals surface area contributed by atoms with Gasteiger partial charge in [-0.3, -0.25) is 0 Å². The van der Waals surface area contributed by atoms with Crippen LogP contribution in [0.2, 0.25) is 0 Å². The average Bonchev–Trinajstić information content (AvgIpc) is 2.26. The van der Waals surface area contributed by atoms with Crippen LogP contribution in [0.5, 0.6) is 0 Å². The van der Waals surface area contributed by atoms with Gasteiger partial charge in [0.15, 0.2) is 0 Å². The highest BCUT2D eigenvalue weighted by Gasteiger charge is 2.22. The number of aliphatic carboxylic acids is 1. The number of hydrogen-bond acceptors (Lipinski definition) is 3. The van der Waals surface area contributed by atoms with Crippen molar-refractivity contribution in [3.05, 3.63) is 30.3 Å². The van der Waals surface area contributed by atoms with Gasteiger partial charge >= 0.3 is 5.97 Å². The van der Waals surface area contributed by atoms with E-state index >= 15 is 0 Å². The molecule has 1 unspecified atom stereocenters. The summed E-state index contributed by atoms with van der Waals surface area (Å²) in [4.78, 5) is 12.8. The van der Waals surface area contributed by atoms with E-state index in [1.165, 1.54) is 0 Å². The van der Waals surface area contributed by atoms with E-state index in [4.69, 9.17) is 10.8 Å². The Balaban J connectivity index is 2.92. The van der Waals surface area contributed by atoms with E-state index in [1.54, 1.807) is 4.90 Å². The van der Waals surface area contributed by atoms with Gasteiger partial charge < -0.3 is 15.7 Å². The summed E-state index contributed by atoms with van der Waals surface area (Å²) in [6, 6.07) is 8.78. The second-order valence-electron chi connectivity index (χ2n) is 3.21. The maximum atomic E-state index is 11.0. The third-order valence-electron chi connectivity index (χ3n) is 2.31. The summed E-state index contributed by atoms with van der Waals surface area (Å²) in [6.45, 7) is 2.65. The largest absolute Gasteiger partial charge is 0.480 e. The van der Waals surface area contributed by atoms with Gasteiger partial charge in [-0.25, -0.2) is 4.79 Å². The van der Waals surface area contributed by atoms with Crippen LogP contribution in [0.15, 0.2) is 30.3 Å². The van der Waals surface area contributed by atoms with Crippen molar-refractivity contribution in [3.8, 4) is 0 Å². The maximum absolute atomic E-state index is 11.0. The lowest BCUT2D eigenvalue weighted by atomic mass is 10.2. The molecule has 0 saturated carbocycles. The average molecular weight is 208 g/mol. The monoisotopic (exact) mass is 208 g/mol. The molecule has 0 aliphatic heterocycles. The van der Waals surface area contributed by atoms with Crippen LogP contribution in [0, 0.1) is 0 Å². The number of hydrogen-bond donors (Lipinski definition) is 2. The van der Waals surface area contributed by atoms with Crippen LogP contribution in [0.4, 0.5) is 5.69 Å². The number of benzene rings is 1. The molecule has 0 bridgehead atoms. The van der Waals surface area contributed by atoms with Crippen molar-refractivity contribution in [1.29, 1.82) is 0 Å². The Hall–Kier alpha value is -1.55. The van der Waals surface area contributed by atoms with Crippen molar-refractivity contribution in [2.24, 2.45) is 5.73 Å². The lowest BCUT2D eigenvalue weighted by molar-refractivity contribution is -0.138. The van der Waals surface area contributed by atoms with E-state index in [0.717, 1.165) is 5.69 Å². The minimum Gasteiger partial charge on any atom is -0.480 e. The Morgan fingerprint density at radius 3 is 2.47 bits per heavy atom. The van der Waals surface area contributed by atoms with E-state index in [-0.39, 0.29) is 6.54 Å². The van der Waals surface area contributed by atoms with E-state index in [9.17, 15) is 4.79 Å². The van der Waals surface area contributed by atoms with E-state index in [2.05, 4.69) is 0 Å².